The second-order valence-electron chi connectivity index (χ2n) is 6.05. The molecule has 1 amide bonds. The molecule has 0 aliphatic heterocycles. The summed E-state index contributed by atoms with van der Waals surface area (Å²) in [7, 11) is 0. The van der Waals surface area contributed by atoms with Crippen molar-refractivity contribution in [1.29, 1.82) is 0 Å². The number of hydrogen-bond donors (Lipinski definition) is 0. The Morgan fingerprint density at radius 2 is 1.84 bits per heavy atom. The molecule has 0 saturated carbocycles. The number of aromatic nitrogens is 3. The maximum Gasteiger partial charge on any atom is 0.224 e. The van der Waals surface area contributed by atoms with E-state index in [1.807, 2.05) is 37.8 Å². The van der Waals surface area contributed by atoms with Crippen LogP contribution in [0.2, 0.25) is 0 Å². The molecule has 25 heavy (non-hydrogen) atoms. The molecule has 0 atom stereocenters. The van der Waals surface area contributed by atoms with Crippen LogP contribution in [-0.4, -0.2) is 38.4 Å². The second kappa shape index (κ2) is 7.47. The fourth-order valence-corrected chi connectivity index (χ4v) is 3.23. The first kappa shape index (κ1) is 17.1. The Balaban J connectivity index is 2.00. The van der Waals surface area contributed by atoms with Gasteiger partial charge in [0.05, 0.1) is 5.69 Å². The van der Waals surface area contributed by atoms with Gasteiger partial charge >= 0.3 is 0 Å². The highest BCUT2D eigenvalue weighted by Crippen LogP contribution is 2.28. The molecule has 3 rings (SSSR count). The molecule has 0 bridgehead atoms. The number of carbonyl (C=O) groups is 1. The van der Waals surface area contributed by atoms with E-state index in [4.69, 9.17) is 0 Å². The number of rotatable bonds is 6. The van der Waals surface area contributed by atoms with Crippen LogP contribution < -0.4 is 0 Å². The lowest BCUT2D eigenvalue weighted by Gasteiger charge is -2.19. The third kappa shape index (κ3) is 3.40. The number of nitrogens with zero attached hydrogens (tertiary/aromatic N) is 4. The van der Waals surface area contributed by atoms with Gasteiger partial charge in [-0.05, 0) is 51.1 Å². The molecule has 5 nitrogen and oxygen atoms in total. The van der Waals surface area contributed by atoms with E-state index in [1.54, 1.807) is 12.4 Å². The minimum atomic E-state index is 0.177. The molecular weight excluding hydrogens is 312 g/mol. The molecule has 0 aromatic carbocycles. The topological polar surface area (TPSA) is 51.0 Å². The van der Waals surface area contributed by atoms with Crippen LogP contribution in [0, 0.1) is 6.92 Å². The first-order valence-corrected chi connectivity index (χ1v) is 8.79. The lowest BCUT2D eigenvalue weighted by molar-refractivity contribution is -0.131. The summed E-state index contributed by atoms with van der Waals surface area (Å²) in [5, 5.41) is 1.08. The highest BCUT2D eigenvalue weighted by Gasteiger charge is 2.16. The zero-order valence-corrected chi connectivity index (χ0v) is 15.1. The highest BCUT2D eigenvalue weighted by molar-refractivity contribution is 5.85. The molecule has 0 N–H and O–H groups in total. The minimum absolute atomic E-state index is 0.177. The van der Waals surface area contributed by atoms with Crippen LogP contribution in [0.5, 0.6) is 0 Å². The van der Waals surface area contributed by atoms with Gasteiger partial charge in [0.25, 0.3) is 0 Å². The average Bonchev–Trinajstić information content (AvgIpc) is 2.99. The first-order chi connectivity index (χ1) is 12.2. The van der Waals surface area contributed by atoms with Gasteiger partial charge in [-0.25, -0.2) is 4.98 Å². The molecule has 0 fully saturated rings. The van der Waals surface area contributed by atoms with Crippen LogP contribution in [0.4, 0.5) is 0 Å². The van der Waals surface area contributed by atoms with E-state index in [1.165, 1.54) is 0 Å². The number of amides is 1. The molecule has 3 heterocycles. The Morgan fingerprint density at radius 3 is 2.56 bits per heavy atom. The van der Waals surface area contributed by atoms with Crippen LogP contribution >= 0.6 is 0 Å². The summed E-state index contributed by atoms with van der Waals surface area (Å²) in [5.41, 5.74) is 4.03. The van der Waals surface area contributed by atoms with Gasteiger partial charge in [0.15, 0.2) is 0 Å². The SMILES string of the molecule is CCN(CC)C(=O)CCn1c(-c2cccnc2C)cc2cccnc21. The van der Waals surface area contributed by atoms with Crippen LogP contribution in [0.25, 0.3) is 22.3 Å². The third-order valence-electron chi connectivity index (χ3n) is 4.60. The predicted molar refractivity (Wildman–Crippen MR) is 100 cm³/mol. The van der Waals surface area contributed by atoms with Gasteiger partial charge in [0, 0.05) is 55.1 Å². The monoisotopic (exact) mass is 336 g/mol. The van der Waals surface area contributed by atoms with Crippen LogP contribution in [-0.2, 0) is 11.3 Å². The fourth-order valence-electron chi connectivity index (χ4n) is 3.23. The van der Waals surface area contributed by atoms with Gasteiger partial charge < -0.3 is 9.47 Å². The van der Waals surface area contributed by atoms with Gasteiger partial charge in [-0.1, -0.05) is 0 Å². The maximum absolute atomic E-state index is 12.4. The molecule has 0 radical (unpaired) electrons. The lowest BCUT2D eigenvalue weighted by atomic mass is 10.1. The summed E-state index contributed by atoms with van der Waals surface area (Å²) in [4.78, 5) is 23.2. The van der Waals surface area contributed by atoms with Gasteiger partial charge in [-0.15, -0.1) is 0 Å². The van der Waals surface area contributed by atoms with Crippen molar-refractivity contribution in [2.45, 2.75) is 33.7 Å². The molecule has 130 valence electrons. The standard InChI is InChI=1S/C20H24N4O/c1-4-23(5-2)19(25)10-13-24-18(17-9-7-11-21-15(17)3)14-16-8-6-12-22-20(16)24/h6-9,11-12,14H,4-5,10,13H2,1-3H3. The van der Waals surface area contributed by atoms with Gasteiger partial charge in [0.2, 0.25) is 5.91 Å². The van der Waals surface area contributed by atoms with Crippen LogP contribution in [0.15, 0.2) is 42.7 Å². The summed E-state index contributed by atoms with van der Waals surface area (Å²) in [6.07, 6.45) is 4.06. The van der Waals surface area contributed by atoms with E-state index in [-0.39, 0.29) is 5.91 Å². The molecule has 0 unspecified atom stereocenters. The smallest absolute Gasteiger partial charge is 0.224 e. The van der Waals surface area contributed by atoms with Crippen molar-refractivity contribution in [3.8, 4) is 11.3 Å². The molecular formula is C20H24N4O. The van der Waals surface area contributed by atoms with Crippen molar-refractivity contribution in [2.24, 2.45) is 0 Å². The quantitative estimate of drug-likeness (QED) is 0.690. The van der Waals surface area contributed by atoms with E-state index < -0.39 is 0 Å². The van der Waals surface area contributed by atoms with Gasteiger partial charge in [-0.3, -0.25) is 9.78 Å². The second-order valence-corrected chi connectivity index (χ2v) is 6.05. The highest BCUT2D eigenvalue weighted by atomic mass is 16.2. The van der Waals surface area contributed by atoms with Crippen LogP contribution in [0.1, 0.15) is 26.0 Å². The van der Waals surface area contributed by atoms with E-state index in [0.29, 0.717) is 13.0 Å². The third-order valence-corrected chi connectivity index (χ3v) is 4.60. The molecule has 5 heteroatoms. The molecule has 3 aromatic heterocycles. The Kier molecular flexibility index (Phi) is 5.12. The lowest BCUT2D eigenvalue weighted by Crippen LogP contribution is -2.31. The summed E-state index contributed by atoms with van der Waals surface area (Å²) in [6.45, 7) is 8.13. The Labute approximate surface area is 148 Å². The number of hydrogen-bond acceptors (Lipinski definition) is 3. The summed E-state index contributed by atoms with van der Waals surface area (Å²) >= 11 is 0. The summed E-state index contributed by atoms with van der Waals surface area (Å²) in [6, 6.07) is 10.1. The minimum Gasteiger partial charge on any atom is -0.343 e. The Hall–Kier alpha value is -2.69. The normalized spacial score (nSPS) is 11.0. The number of aryl methyl sites for hydroxylation is 2. The molecule has 3 aromatic rings. The molecule has 0 aliphatic carbocycles. The van der Waals surface area contributed by atoms with E-state index in [9.17, 15) is 4.79 Å². The van der Waals surface area contributed by atoms with Crippen molar-refractivity contribution in [2.75, 3.05) is 13.1 Å². The molecule has 0 spiro atoms. The van der Waals surface area contributed by atoms with Crippen molar-refractivity contribution in [1.82, 2.24) is 19.4 Å². The van der Waals surface area contributed by atoms with E-state index in [0.717, 1.165) is 41.1 Å². The number of fused-ring (bicyclic) bond motifs is 1. The fraction of sp³-hybridized carbons (Fsp3) is 0.350. The average molecular weight is 336 g/mol. The van der Waals surface area contributed by atoms with Crippen LogP contribution in [0.3, 0.4) is 0 Å². The van der Waals surface area contributed by atoms with Gasteiger partial charge in [0.1, 0.15) is 5.65 Å². The van der Waals surface area contributed by atoms with E-state index >= 15 is 0 Å². The van der Waals surface area contributed by atoms with Crippen molar-refractivity contribution < 1.29 is 4.79 Å². The zero-order valence-electron chi connectivity index (χ0n) is 15.1. The summed E-state index contributed by atoms with van der Waals surface area (Å²) in [5.74, 6) is 0.177. The zero-order chi connectivity index (χ0) is 17.8. The van der Waals surface area contributed by atoms with E-state index in [2.05, 4.69) is 32.7 Å². The summed E-state index contributed by atoms with van der Waals surface area (Å²) < 4.78 is 2.14. The molecule has 0 saturated heterocycles. The maximum atomic E-state index is 12.4. The first-order valence-electron chi connectivity index (χ1n) is 8.79. The van der Waals surface area contributed by atoms with Crippen molar-refractivity contribution in [3.05, 3.63) is 48.4 Å². The number of pyridine rings is 2. The Bertz CT molecular complexity index is 880. The largest absolute Gasteiger partial charge is 0.343 e. The van der Waals surface area contributed by atoms with Gasteiger partial charge in [-0.2, -0.15) is 0 Å². The Morgan fingerprint density at radius 1 is 1.12 bits per heavy atom. The van der Waals surface area contributed by atoms with Crippen molar-refractivity contribution in [3.63, 3.8) is 0 Å². The van der Waals surface area contributed by atoms with Crippen molar-refractivity contribution >= 4 is 16.9 Å². The number of carbonyl (C=O) groups excluding carboxylic acids is 1. The predicted octanol–water partition coefficient (Wildman–Crippen LogP) is 3.67. The molecule has 0 aliphatic rings.